The van der Waals surface area contributed by atoms with Gasteiger partial charge in [0, 0.05) is 34.5 Å². The first-order chi connectivity index (χ1) is 14.9. The number of halogens is 3. The molecule has 2 aromatic carbocycles. The first-order valence-corrected chi connectivity index (χ1v) is 11.3. The van der Waals surface area contributed by atoms with Gasteiger partial charge in [-0.1, -0.05) is 70.8 Å². The lowest BCUT2D eigenvalue weighted by Gasteiger charge is -2.09. The van der Waals surface area contributed by atoms with Gasteiger partial charge in [-0.15, -0.1) is 0 Å². The smallest absolute Gasteiger partial charge is 0.271 e. The summed E-state index contributed by atoms with van der Waals surface area (Å²) in [5.41, 5.74) is 1.57. The molecule has 31 heavy (non-hydrogen) atoms. The number of anilines is 1. The van der Waals surface area contributed by atoms with Gasteiger partial charge in [0.1, 0.15) is 0 Å². The highest BCUT2D eigenvalue weighted by molar-refractivity contribution is 7.98. The van der Waals surface area contributed by atoms with Crippen LogP contribution in [-0.4, -0.2) is 28.3 Å². The van der Waals surface area contributed by atoms with Crippen LogP contribution >= 0.6 is 46.6 Å². The van der Waals surface area contributed by atoms with Crippen molar-refractivity contribution in [2.45, 2.75) is 17.3 Å². The summed E-state index contributed by atoms with van der Waals surface area (Å²) in [4.78, 5) is 32.9. The van der Waals surface area contributed by atoms with Crippen molar-refractivity contribution in [2.24, 2.45) is 0 Å². The first-order valence-electron chi connectivity index (χ1n) is 9.15. The van der Waals surface area contributed by atoms with Crippen molar-refractivity contribution in [3.63, 3.8) is 0 Å². The molecule has 0 saturated carbocycles. The SMILES string of the molecule is O=C(CCNC(=O)c1nc(SCc2ccccc2Cl)ncc1Cl)Nc1cccc(Cl)c1. The Labute approximate surface area is 198 Å². The molecule has 3 rings (SSSR count). The van der Waals surface area contributed by atoms with E-state index in [1.165, 1.54) is 18.0 Å². The van der Waals surface area contributed by atoms with Crippen LogP contribution in [0.15, 0.2) is 59.9 Å². The maximum atomic E-state index is 12.5. The van der Waals surface area contributed by atoms with E-state index in [0.717, 1.165) is 5.56 Å². The van der Waals surface area contributed by atoms with Crippen LogP contribution in [0.25, 0.3) is 0 Å². The third kappa shape index (κ3) is 7.11. The average Bonchev–Trinajstić information content (AvgIpc) is 2.74. The van der Waals surface area contributed by atoms with Crippen molar-refractivity contribution >= 4 is 64.1 Å². The normalized spacial score (nSPS) is 10.5. The Balaban J connectivity index is 1.53. The van der Waals surface area contributed by atoms with E-state index in [1.54, 1.807) is 24.3 Å². The van der Waals surface area contributed by atoms with Crippen LogP contribution in [0.1, 0.15) is 22.5 Å². The van der Waals surface area contributed by atoms with Gasteiger partial charge in [0.15, 0.2) is 10.9 Å². The number of rotatable bonds is 8. The highest BCUT2D eigenvalue weighted by Gasteiger charge is 2.15. The van der Waals surface area contributed by atoms with Crippen LogP contribution in [0.3, 0.4) is 0 Å². The summed E-state index contributed by atoms with van der Waals surface area (Å²) in [5, 5.41) is 7.06. The molecule has 2 N–H and O–H groups in total. The molecular weight excluding hydrogens is 479 g/mol. The van der Waals surface area contributed by atoms with Crippen molar-refractivity contribution in [3.05, 3.63) is 81.1 Å². The quantitative estimate of drug-likeness (QED) is 0.319. The van der Waals surface area contributed by atoms with Gasteiger partial charge in [-0.25, -0.2) is 9.97 Å². The number of carbonyl (C=O) groups excluding carboxylic acids is 2. The molecule has 0 aliphatic heterocycles. The summed E-state index contributed by atoms with van der Waals surface area (Å²) < 4.78 is 0. The lowest BCUT2D eigenvalue weighted by Crippen LogP contribution is -2.28. The van der Waals surface area contributed by atoms with Gasteiger partial charge in [-0.05, 0) is 29.8 Å². The summed E-state index contributed by atoms with van der Waals surface area (Å²) in [5.74, 6) is -0.193. The van der Waals surface area contributed by atoms with E-state index >= 15 is 0 Å². The van der Waals surface area contributed by atoms with Gasteiger partial charge in [-0.2, -0.15) is 0 Å². The van der Waals surface area contributed by atoms with Gasteiger partial charge >= 0.3 is 0 Å². The van der Waals surface area contributed by atoms with E-state index in [4.69, 9.17) is 34.8 Å². The second-order valence-electron chi connectivity index (χ2n) is 6.29. The van der Waals surface area contributed by atoms with Crippen LogP contribution < -0.4 is 10.6 Å². The number of aromatic nitrogens is 2. The zero-order valence-electron chi connectivity index (χ0n) is 16.1. The molecule has 6 nitrogen and oxygen atoms in total. The minimum Gasteiger partial charge on any atom is -0.350 e. The third-order valence-electron chi connectivity index (χ3n) is 4.00. The van der Waals surface area contributed by atoms with E-state index in [9.17, 15) is 9.59 Å². The number of nitrogens with one attached hydrogen (secondary N) is 2. The van der Waals surface area contributed by atoms with Crippen LogP contribution in [0, 0.1) is 0 Å². The Hall–Kier alpha value is -2.32. The van der Waals surface area contributed by atoms with E-state index in [2.05, 4.69) is 20.6 Å². The molecule has 0 spiro atoms. The van der Waals surface area contributed by atoms with Gasteiger partial charge in [0.25, 0.3) is 5.91 Å². The number of nitrogens with zero attached hydrogens (tertiary/aromatic N) is 2. The lowest BCUT2D eigenvalue weighted by molar-refractivity contribution is -0.116. The second-order valence-corrected chi connectivity index (χ2v) is 8.49. The molecule has 0 saturated heterocycles. The molecule has 0 unspecified atom stereocenters. The summed E-state index contributed by atoms with van der Waals surface area (Å²) >= 11 is 19.5. The average molecular weight is 496 g/mol. The van der Waals surface area contributed by atoms with Crippen molar-refractivity contribution in [1.29, 1.82) is 0 Å². The first kappa shape index (κ1) is 23.3. The molecule has 1 heterocycles. The number of hydrogen-bond acceptors (Lipinski definition) is 5. The van der Waals surface area contributed by atoms with E-state index in [0.29, 0.717) is 26.6 Å². The number of amides is 2. The second kappa shape index (κ2) is 11.3. The standard InChI is InChI=1S/C21H17Cl3N4O2S/c22-14-5-3-6-15(10-14)27-18(29)8-9-25-20(30)19-17(24)11-26-21(28-19)31-12-13-4-1-2-7-16(13)23/h1-7,10-11H,8-9,12H2,(H,25,30)(H,27,29). The van der Waals surface area contributed by atoms with E-state index in [-0.39, 0.29) is 29.6 Å². The molecule has 0 aliphatic carbocycles. The topological polar surface area (TPSA) is 84.0 Å². The van der Waals surface area contributed by atoms with Crippen LogP contribution in [0.2, 0.25) is 15.1 Å². The Morgan fingerprint density at radius 1 is 1.00 bits per heavy atom. The molecule has 0 fully saturated rings. The monoisotopic (exact) mass is 494 g/mol. The van der Waals surface area contributed by atoms with Crippen molar-refractivity contribution in [1.82, 2.24) is 15.3 Å². The fraction of sp³-hybridized carbons (Fsp3) is 0.143. The zero-order valence-corrected chi connectivity index (χ0v) is 19.2. The predicted octanol–water partition coefficient (Wildman–Crippen LogP) is 5.49. The van der Waals surface area contributed by atoms with E-state index < -0.39 is 5.91 Å². The number of benzene rings is 2. The number of thioether (sulfide) groups is 1. The minimum atomic E-state index is -0.484. The molecule has 0 bridgehead atoms. The maximum absolute atomic E-state index is 12.5. The van der Waals surface area contributed by atoms with Gasteiger partial charge < -0.3 is 10.6 Å². The highest BCUT2D eigenvalue weighted by Crippen LogP contribution is 2.25. The maximum Gasteiger partial charge on any atom is 0.271 e. The number of carbonyl (C=O) groups is 2. The highest BCUT2D eigenvalue weighted by atomic mass is 35.5. The Morgan fingerprint density at radius 2 is 1.81 bits per heavy atom. The molecule has 1 aromatic heterocycles. The van der Waals surface area contributed by atoms with Crippen molar-refractivity contribution in [2.75, 3.05) is 11.9 Å². The largest absolute Gasteiger partial charge is 0.350 e. The van der Waals surface area contributed by atoms with Crippen LogP contribution in [0.4, 0.5) is 5.69 Å². The Kier molecular flexibility index (Phi) is 8.54. The third-order valence-corrected chi connectivity index (χ3v) is 5.79. The van der Waals surface area contributed by atoms with Crippen molar-refractivity contribution in [3.8, 4) is 0 Å². The Morgan fingerprint density at radius 3 is 2.58 bits per heavy atom. The molecule has 2 amide bonds. The molecule has 0 radical (unpaired) electrons. The summed E-state index contributed by atoms with van der Waals surface area (Å²) in [6, 6.07) is 14.3. The van der Waals surface area contributed by atoms with Crippen LogP contribution in [-0.2, 0) is 10.5 Å². The number of hydrogen-bond donors (Lipinski definition) is 2. The molecule has 160 valence electrons. The lowest BCUT2D eigenvalue weighted by atomic mass is 10.2. The molecule has 0 atom stereocenters. The van der Waals surface area contributed by atoms with Gasteiger partial charge in [0.05, 0.1) is 11.2 Å². The van der Waals surface area contributed by atoms with E-state index in [1.807, 2.05) is 24.3 Å². The van der Waals surface area contributed by atoms with Crippen molar-refractivity contribution < 1.29 is 9.59 Å². The fourth-order valence-corrected chi connectivity index (χ4v) is 3.97. The summed E-state index contributed by atoms with van der Waals surface area (Å²) in [6.07, 6.45) is 1.46. The summed E-state index contributed by atoms with van der Waals surface area (Å²) in [7, 11) is 0. The van der Waals surface area contributed by atoms with Crippen LogP contribution in [0.5, 0.6) is 0 Å². The predicted molar refractivity (Wildman–Crippen MR) is 125 cm³/mol. The Bertz CT molecular complexity index is 1100. The minimum absolute atomic E-state index is 0.0496. The molecule has 10 heteroatoms. The zero-order chi connectivity index (χ0) is 22.2. The molecular formula is C21H17Cl3N4O2S. The molecule has 3 aromatic rings. The van der Waals surface area contributed by atoms with Gasteiger partial charge in [-0.3, -0.25) is 9.59 Å². The van der Waals surface area contributed by atoms with Gasteiger partial charge in [0.2, 0.25) is 5.91 Å². The summed E-state index contributed by atoms with van der Waals surface area (Å²) in [6.45, 7) is 0.119. The fourth-order valence-electron chi connectivity index (χ4n) is 2.50. The molecule has 0 aliphatic rings.